The second-order valence-corrected chi connectivity index (χ2v) is 7.90. The fraction of sp³-hybridized carbons (Fsp3) is 0.115. The largest absolute Gasteiger partial charge is 0.479 e. The lowest BCUT2D eigenvalue weighted by atomic mass is 10.2. The van der Waals surface area contributed by atoms with Crippen LogP contribution in [-0.2, 0) is 9.59 Å². The lowest BCUT2D eigenvalue weighted by Crippen LogP contribution is -2.35. The predicted octanol–water partition coefficient (Wildman–Crippen LogP) is 5.92. The molecule has 0 saturated carbocycles. The van der Waals surface area contributed by atoms with Gasteiger partial charge in [0.15, 0.2) is 6.10 Å². The summed E-state index contributed by atoms with van der Waals surface area (Å²) >= 11 is 12.0. The summed E-state index contributed by atoms with van der Waals surface area (Å²) in [6, 6.07) is 20.9. The number of hydrazone groups is 1. The van der Waals surface area contributed by atoms with Crippen LogP contribution in [0.2, 0.25) is 10.0 Å². The van der Waals surface area contributed by atoms with E-state index < -0.39 is 18.0 Å². The van der Waals surface area contributed by atoms with Crippen LogP contribution in [0.15, 0.2) is 84.0 Å². The normalized spacial score (nSPS) is 12.0. The second kappa shape index (κ2) is 12.6. The first-order valence-corrected chi connectivity index (χ1v) is 11.2. The molecule has 6 nitrogen and oxygen atoms in total. The monoisotopic (exact) mass is 496 g/mol. The van der Waals surface area contributed by atoms with Gasteiger partial charge >= 0.3 is 5.97 Å². The number of carbonyl (C=O) groups is 2. The summed E-state index contributed by atoms with van der Waals surface area (Å²) in [6.07, 6.45) is 4.16. The molecule has 3 rings (SSSR count). The summed E-state index contributed by atoms with van der Waals surface area (Å²) in [5.41, 5.74) is 4.06. The standard InChI is InChI=1S/C26H22Cl2N2O4/c1-2-23(34-24-14-11-20(27)16-22(24)28)26(32)30-29-17-19-8-12-21(13-9-19)33-25(31)15-10-18-6-4-3-5-7-18/h3-17,23H,2H2,1H3,(H,30,32)/b15-10+,29-17+. The highest BCUT2D eigenvalue weighted by Gasteiger charge is 2.19. The molecule has 8 heteroatoms. The molecular weight excluding hydrogens is 475 g/mol. The molecule has 0 aliphatic rings. The SMILES string of the molecule is CCC(Oc1ccc(Cl)cc1Cl)C(=O)N/N=C/c1ccc(OC(=O)/C=C/c2ccccc2)cc1. The summed E-state index contributed by atoms with van der Waals surface area (Å²) < 4.78 is 11.0. The Bertz CT molecular complexity index is 1180. The van der Waals surface area contributed by atoms with Crippen molar-refractivity contribution in [3.63, 3.8) is 0 Å². The van der Waals surface area contributed by atoms with E-state index in [0.29, 0.717) is 33.5 Å². The van der Waals surface area contributed by atoms with Crippen molar-refractivity contribution < 1.29 is 19.1 Å². The van der Waals surface area contributed by atoms with Crippen LogP contribution >= 0.6 is 23.2 Å². The summed E-state index contributed by atoms with van der Waals surface area (Å²) in [5.74, 6) is -0.145. The molecule has 0 saturated heterocycles. The van der Waals surface area contributed by atoms with Gasteiger partial charge in [-0.05, 0) is 66.1 Å². The van der Waals surface area contributed by atoms with Gasteiger partial charge in [-0.1, -0.05) is 60.5 Å². The van der Waals surface area contributed by atoms with E-state index in [1.54, 1.807) is 48.5 Å². The van der Waals surface area contributed by atoms with E-state index in [4.69, 9.17) is 32.7 Å². The molecule has 34 heavy (non-hydrogen) atoms. The van der Waals surface area contributed by atoms with Gasteiger partial charge in [-0.3, -0.25) is 4.79 Å². The van der Waals surface area contributed by atoms with Crippen LogP contribution in [0.25, 0.3) is 6.08 Å². The lowest BCUT2D eigenvalue weighted by Gasteiger charge is -2.16. The molecule has 0 aliphatic carbocycles. The number of nitrogens with zero attached hydrogens (tertiary/aromatic N) is 1. The highest BCUT2D eigenvalue weighted by molar-refractivity contribution is 6.35. The Morgan fingerprint density at radius 3 is 2.41 bits per heavy atom. The molecule has 1 N–H and O–H groups in total. The smallest absolute Gasteiger partial charge is 0.336 e. The van der Waals surface area contributed by atoms with Crippen molar-refractivity contribution >= 4 is 47.4 Å². The fourth-order valence-corrected chi connectivity index (χ4v) is 3.24. The first-order chi connectivity index (χ1) is 16.4. The zero-order valence-electron chi connectivity index (χ0n) is 18.3. The second-order valence-electron chi connectivity index (χ2n) is 7.06. The molecule has 0 spiro atoms. The van der Waals surface area contributed by atoms with E-state index in [0.717, 1.165) is 5.56 Å². The summed E-state index contributed by atoms with van der Waals surface area (Å²) in [5, 5.41) is 4.76. The zero-order chi connectivity index (χ0) is 24.3. The van der Waals surface area contributed by atoms with Gasteiger partial charge in [0.1, 0.15) is 11.5 Å². The maximum absolute atomic E-state index is 12.4. The Labute approximate surface area is 207 Å². The van der Waals surface area contributed by atoms with Crippen molar-refractivity contribution in [1.29, 1.82) is 0 Å². The van der Waals surface area contributed by atoms with E-state index in [2.05, 4.69) is 10.5 Å². The van der Waals surface area contributed by atoms with Gasteiger partial charge in [0.2, 0.25) is 0 Å². The molecule has 0 radical (unpaired) electrons. The molecule has 0 heterocycles. The van der Waals surface area contributed by atoms with Gasteiger partial charge in [-0.25, -0.2) is 10.2 Å². The molecule has 0 aromatic heterocycles. The highest BCUT2D eigenvalue weighted by atomic mass is 35.5. The molecule has 0 fully saturated rings. The molecule has 1 amide bonds. The zero-order valence-corrected chi connectivity index (χ0v) is 19.8. The van der Waals surface area contributed by atoms with Gasteiger partial charge in [0.25, 0.3) is 5.91 Å². The van der Waals surface area contributed by atoms with Crippen LogP contribution in [0, 0.1) is 0 Å². The number of rotatable bonds is 9. The Kier molecular flexibility index (Phi) is 9.26. The summed E-state index contributed by atoms with van der Waals surface area (Å²) in [7, 11) is 0. The van der Waals surface area contributed by atoms with E-state index in [-0.39, 0.29) is 0 Å². The molecule has 0 bridgehead atoms. The number of halogens is 2. The molecule has 1 unspecified atom stereocenters. The van der Waals surface area contributed by atoms with Crippen LogP contribution in [0.4, 0.5) is 0 Å². The number of hydrogen-bond acceptors (Lipinski definition) is 5. The van der Waals surface area contributed by atoms with Gasteiger partial charge in [-0.15, -0.1) is 0 Å². The van der Waals surface area contributed by atoms with E-state index >= 15 is 0 Å². The minimum absolute atomic E-state index is 0.318. The van der Waals surface area contributed by atoms with Gasteiger partial charge in [-0.2, -0.15) is 5.10 Å². The Morgan fingerprint density at radius 1 is 1.00 bits per heavy atom. The van der Waals surface area contributed by atoms with Crippen LogP contribution in [0.1, 0.15) is 24.5 Å². The van der Waals surface area contributed by atoms with Crippen molar-refractivity contribution in [2.24, 2.45) is 5.10 Å². The summed E-state index contributed by atoms with van der Waals surface area (Å²) in [6.45, 7) is 1.81. The number of ether oxygens (including phenoxy) is 2. The van der Waals surface area contributed by atoms with Crippen molar-refractivity contribution in [2.45, 2.75) is 19.4 Å². The van der Waals surface area contributed by atoms with E-state index in [1.807, 2.05) is 37.3 Å². The summed E-state index contributed by atoms with van der Waals surface area (Å²) in [4.78, 5) is 24.4. The minimum Gasteiger partial charge on any atom is -0.479 e. The maximum atomic E-state index is 12.4. The molecular formula is C26H22Cl2N2O4. The van der Waals surface area contributed by atoms with Crippen molar-refractivity contribution in [1.82, 2.24) is 5.43 Å². The minimum atomic E-state index is -0.776. The Hall–Kier alpha value is -3.61. The lowest BCUT2D eigenvalue weighted by molar-refractivity contribution is -0.129. The average molecular weight is 497 g/mol. The van der Waals surface area contributed by atoms with Crippen molar-refractivity contribution in [3.05, 3.63) is 100 Å². The van der Waals surface area contributed by atoms with Gasteiger partial charge < -0.3 is 9.47 Å². The average Bonchev–Trinajstić information content (AvgIpc) is 2.84. The quantitative estimate of drug-likeness (QED) is 0.131. The van der Waals surface area contributed by atoms with Crippen molar-refractivity contribution in [3.8, 4) is 11.5 Å². The van der Waals surface area contributed by atoms with Gasteiger partial charge in [0, 0.05) is 11.1 Å². The third-order valence-electron chi connectivity index (χ3n) is 4.52. The number of nitrogens with one attached hydrogen (secondary N) is 1. The Balaban J connectivity index is 1.50. The van der Waals surface area contributed by atoms with Gasteiger partial charge in [0.05, 0.1) is 11.2 Å². The van der Waals surface area contributed by atoms with E-state index in [9.17, 15) is 9.59 Å². The molecule has 3 aromatic carbocycles. The number of esters is 1. The predicted molar refractivity (Wildman–Crippen MR) is 134 cm³/mol. The topological polar surface area (TPSA) is 77.0 Å². The molecule has 174 valence electrons. The van der Waals surface area contributed by atoms with Crippen molar-refractivity contribution in [2.75, 3.05) is 0 Å². The maximum Gasteiger partial charge on any atom is 0.336 e. The number of amides is 1. The molecule has 1 atom stereocenters. The van der Waals surface area contributed by atoms with Crippen LogP contribution < -0.4 is 14.9 Å². The van der Waals surface area contributed by atoms with E-state index in [1.165, 1.54) is 12.3 Å². The number of carbonyl (C=O) groups excluding carboxylic acids is 2. The first-order valence-electron chi connectivity index (χ1n) is 10.4. The third-order valence-corrected chi connectivity index (χ3v) is 5.06. The van der Waals surface area contributed by atoms with Crippen LogP contribution in [0.3, 0.4) is 0 Å². The van der Waals surface area contributed by atoms with Crippen LogP contribution in [-0.4, -0.2) is 24.2 Å². The first kappa shape index (κ1) is 25.0. The molecule has 0 aliphatic heterocycles. The third kappa shape index (κ3) is 7.76. The Morgan fingerprint density at radius 2 is 1.74 bits per heavy atom. The fourth-order valence-electron chi connectivity index (χ4n) is 2.79. The molecule has 3 aromatic rings. The van der Waals surface area contributed by atoms with Crippen LogP contribution in [0.5, 0.6) is 11.5 Å². The highest BCUT2D eigenvalue weighted by Crippen LogP contribution is 2.28. The number of benzene rings is 3. The number of hydrogen-bond donors (Lipinski definition) is 1.